The van der Waals surface area contributed by atoms with Crippen LogP contribution < -0.4 is 4.74 Å². The molecule has 0 saturated heterocycles. The number of aryl methyl sites for hydroxylation is 1. The first-order valence-electron chi connectivity index (χ1n) is 14.2. The van der Waals surface area contributed by atoms with Crippen molar-refractivity contribution in [2.24, 2.45) is 28.6 Å². The zero-order chi connectivity index (χ0) is 25.6. The number of hydrogen-bond acceptors (Lipinski definition) is 4. The molecule has 1 aromatic heterocycles. The topological polar surface area (TPSA) is 64.3 Å². The number of fused-ring (bicyclic) bond motifs is 5. The fraction of sp³-hybridized carbons (Fsp3) is 0.562. The van der Waals surface area contributed by atoms with Crippen LogP contribution in [0.5, 0.6) is 5.75 Å². The molecule has 1 aromatic carbocycles. The standard InChI is InChI=1S/C32H40N2O3/c1-31-12-10-25(35)20-24(31)6-9-27-28(31)11-13-32(2)29(27)19-23(30(32)36)18-22-4-7-26(8-5-22)37-17-3-15-34-16-14-33-21-34/h4-8,14,16,18,21,25,27-29,35H,3,9-13,15,17,19-20H2,1-2H3/b23-18+/t25-,27+,28-,29-,31-,32-/m0/s1. The molecule has 0 amide bonds. The van der Waals surface area contributed by atoms with E-state index in [0.717, 1.165) is 74.8 Å². The zero-order valence-electron chi connectivity index (χ0n) is 22.2. The van der Waals surface area contributed by atoms with Crippen LogP contribution in [0.1, 0.15) is 70.8 Å². The number of rotatable bonds is 6. The van der Waals surface area contributed by atoms with Gasteiger partial charge in [0.1, 0.15) is 5.75 Å². The van der Waals surface area contributed by atoms with Crippen molar-refractivity contribution in [1.29, 1.82) is 0 Å². The van der Waals surface area contributed by atoms with Crippen molar-refractivity contribution in [3.63, 3.8) is 0 Å². The minimum atomic E-state index is -0.235. The fourth-order valence-corrected chi connectivity index (χ4v) is 8.16. The van der Waals surface area contributed by atoms with E-state index in [1.165, 1.54) is 5.57 Å². The number of benzene rings is 1. The van der Waals surface area contributed by atoms with Gasteiger partial charge >= 0.3 is 0 Å². The summed E-state index contributed by atoms with van der Waals surface area (Å²) in [6.45, 7) is 6.24. The summed E-state index contributed by atoms with van der Waals surface area (Å²) in [5.74, 6) is 2.86. The molecule has 4 aliphatic rings. The van der Waals surface area contributed by atoms with E-state index in [1.54, 1.807) is 6.20 Å². The first-order valence-corrected chi connectivity index (χ1v) is 14.2. The molecule has 3 saturated carbocycles. The van der Waals surface area contributed by atoms with E-state index < -0.39 is 0 Å². The Bertz CT molecular complexity index is 1200. The maximum absolute atomic E-state index is 13.7. The van der Waals surface area contributed by atoms with Crippen LogP contribution in [0.25, 0.3) is 6.08 Å². The van der Waals surface area contributed by atoms with Crippen molar-refractivity contribution in [2.45, 2.75) is 77.9 Å². The highest BCUT2D eigenvalue weighted by Gasteiger charge is 2.59. The number of aromatic nitrogens is 2. The molecule has 3 fully saturated rings. The monoisotopic (exact) mass is 500 g/mol. The second-order valence-electron chi connectivity index (χ2n) is 12.4. The number of allylic oxidation sites excluding steroid dienone is 2. The summed E-state index contributed by atoms with van der Waals surface area (Å²) in [6, 6.07) is 8.17. The third-order valence-corrected chi connectivity index (χ3v) is 10.3. The van der Waals surface area contributed by atoms with Gasteiger partial charge in [-0.15, -0.1) is 0 Å². The largest absolute Gasteiger partial charge is 0.494 e. The van der Waals surface area contributed by atoms with E-state index in [1.807, 2.05) is 24.7 Å². The Morgan fingerprint density at radius 1 is 1.11 bits per heavy atom. The van der Waals surface area contributed by atoms with Gasteiger partial charge in [0.2, 0.25) is 0 Å². The lowest BCUT2D eigenvalue weighted by atomic mass is 9.48. The highest BCUT2D eigenvalue weighted by atomic mass is 16.5. The summed E-state index contributed by atoms with van der Waals surface area (Å²) < 4.78 is 7.98. The molecule has 5 heteroatoms. The maximum Gasteiger partial charge on any atom is 0.165 e. The summed E-state index contributed by atoms with van der Waals surface area (Å²) in [5, 5.41) is 10.3. The quantitative estimate of drug-likeness (QED) is 0.290. The molecule has 6 atom stereocenters. The normalized spacial score (nSPS) is 36.0. The fourth-order valence-electron chi connectivity index (χ4n) is 8.16. The molecule has 37 heavy (non-hydrogen) atoms. The Balaban J connectivity index is 1.13. The average Bonchev–Trinajstić information content (AvgIpc) is 3.50. The van der Waals surface area contributed by atoms with Gasteiger partial charge in [-0.3, -0.25) is 4.79 Å². The van der Waals surface area contributed by atoms with E-state index >= 15 is 0 Å². The second kappa shape index (κ2) is 9.58. The number of nitrogens with zero attached hydrogens (tertiary/aromatic N) is 2. The molecular weight excluding hydrogens is 460 g/mol. The number of carbonyl (C=O) groups excluding carboxylic acids is 1. The van der Waals surface area contributed by atoms with Gasteiger partial charge in [0.05, 0.1) is 19.0 Å². The molecule has 0 aliphatic heterocycles. The van der Waals surface area contributed by atoms with Crippen LogP contribution in [-0.4, -0.2) is 33.2 Å². The molecule has 1 N–H and O–H groups in total. The summed E-state index contributed by atoms with van der Waals surface area (Å²) >= 11 is 0. The molecule has 1 heterocycles. The number of ether oxygens (including phenoxy) is 1. The molecule has 2 aromatic rings. The summed E-state index contributed by atoms with van der Waals surface area (Å²) in [6.07, 6.45) is 17.8. The van der Waals surface area contributed by atoms with Gasteiger partial charge in [0, 0.05) is 24.4 Å². The molecule has 0 radical (unpaired) electrons. The van der Waals surface area contributed by atoms with E-state index in [9.17, 15) is 9.90 Å². The maximum atomic E-state index is 13.7. The van der Waals surface area contributed by atoms with Crippen molar-refractivity contribution in [2.75, 3.05) is 6.61 Å². The van der Waals surface area contributed by atoms with Crippen LogP contribution in [0.4, 0.5) is 0 Å². The molecule has 0 unspecified atom stereocenters. The van der Waals surface area contributed by atoms with Gasteiger partial charge in [-0.1, -0.05) is 37.6 Å². The first kappa shape index (κ1) is 24.7. The van der Waals surface area contributed by atoms with Crippen LogP contribution in [-0.2, 0) is 11.3 Å². The van der Waals surface area contributed by atoms with Crippen LogP contribution in [0, 0.1) is 28.6 Å². The number of aliphatic hydroxyl groups excluding tert-OH is 1. The molecule has 6 rings (SSSR count). The lowest BCUT2D eigenvalue weighted by Crippen LogP contribution is -2.50. The van der Waals surface area contributed by atoms with Crippen molar-refractivity contribution in [3.8, 4) is 5.75 Å². The predicted octanol–water partition coefficient (Wildman–Crippen LogP) is 6.24. The summed E-state index contributed by atoms with van der Waals surface area (Å²) in [7, 11) is 0. The summed E-state index contributed by atoms with van der Waals surface area (Å²) in [5.41, 5.74) is 3.53. The Morgan fingerprint density at radius 2 is 1.92 bits per heavy atom. The lowest BCUT2D eigenvalue weighted by Gasteiger charge is -2.56. The van der Waals surface area contributed by atoms with Crippen molar-refractivity contribution >= 4 is 11.9 Å². The highest BCUT2D eigenvalue weighted by molar-refractivity contribution is 6.06. The Morgan fingerprint density at radius 3 is 2.70 bits per heavy atom. The number of Topliss-reactive ketones (excluding diaryl/α,β-unsaturated/α-hetero) is 1. The highest BCUT2D eigenvalue weighted by Crippen LogP contribution is 2.64. The van der Waals surface area contributed by atoms with E-state index in [-0.39, 0.29) is 16.9 Å². The van der Waals surface area contributed by atoms with Gasteiger partial charge in [-0.25, -0.2) is 4.98 Å². The Kier molecular flexibility index (Phi) is 6.38. The zero-order valence-corrected chi connectivity index (χ0v) is 22.2. The molecular formula is C32H40N2O3. The minimum absolute atomic E-state index is 0.175. The smallest absolute Gasteiger partial charge is 0.165 e. The van der Waals surface area contributed by atoms with Crippen LogP contribution in [0.15, 0.2) is 60.2 Å². The number of imidazole rings is 1. The third-order valence-electron chi connectivity index (χ3n) is 10.3. The van der Waals surface area contributed by atoms with Crippen LogP contribution in [0.3, 0.4) is 0 Å². The van der Waals surface area contributed by atoms with Gasteiger partial charge < -0.3 is 14.4 Å². The second-order valence-corrected chi connectivity index (χ2v) is 12.4. The number of carbonyl (C=O) groups is 1. The number of ketones is 1. The van der Waals surface area contributed by atoms with Crippen LogP contribution in [0.2, 0.25) is 0 Å². The van der Waals surface area contributed by atoms with E-state index in [4.69, 9.17) is 4.74 Å². The molecule has 5 nitrogen and oxygen atoms in total. The van der Waals surface area contributed by atoms with Crippen molar-refractivity contribution in [3.05, 3.63) is 65.8 Å². The average molecular weight is 501 g/mol. The van der Waals surface area contributed by atoms with Gasteiger partial charge in [0.25, 0.3) is 0 Å². The predicted molar refractivity (Wildman–Crippen MR) is 145 cm³/mol. The van der Waals surface area contributed by atoms with E-state index in [0.29, 0.717) is 30.1 Å². The number of hydrogen-bond donors (Lipinski definition) is 1. The molecule has 0 spiro atoms. The van der Waals surface area contributed by atoms with Gasteiger partial charge in [-0.05, 0) is 104 Å². The summed E-state index contributed by atoms with van der Waals surface area (Å²) in [4.78, 5) is 17.8. The Labute approximate surface area is 220 Å². The lowest BCUT2D eigenvalue weighted by molar-refractivity contribution is -0.130. The molecule has 4 aliphatic carbocycles. The SMILES string of the molecule is C[C@]12CC[C@H](O)CC1=CC[C@@H]1[C@@H]2CC[C@]2(C)C(=O)/C(=C/c3ccc(OCCCn4ccnc4)cc3)C[C@@H]12. The first-order chi connectivity index (χ1) is 17.9. The van der Waals surface area contributed by atoms with Gasteiger partial charge in [0.15, 0.2) is 5.78 Å². The van der Waals surface area contributed by atoms with Crippen LogP contribution >= 0.6 is 0 Å². The molecule has 196 valence electrons. The van der Waals surface area contributed by atoms with Crippen molar-refractivity contribution in [1.82, 2.24) is 9.55 Å². The Hall–Kier alpha value is -2.66. The third kappa shape index (κ3) is 4.39. The van der Waals surface area contributed by atoms with E-state index in [2.05, 4.69) is 47.7 Å². The van der Waals surface area contributed by atoms with Gasteiger partial charge in [-0.2, -0.15) is 0 Å². The molecule has 0 bridgehead atoms. The minimum Gasteiger partial charge on any atom is -0.494 e. The van der Waals surface area contributed by atoms with Crippen molar-refractivity contribution < 1.29 is 14.6 Å². The number of aliphatic hydroxyl groups is 1.